The molecule has 1 N–H and O–H groups in total. The largest absolute Gasteiger partial charge is 0.484 e. The molecule has 0 aliphatic heterocycles. The Labute approximate surface area is 169 Å². The third kappa shape index (κ3) is 5.49. The van der Waals surface area contributed by atoms with Crippen molar-refractivity contribution in [3.63, 3.8) is 0 Å². The average Bonchev–Trinajstić information content (AvgIpc) is 3.09. The van der Waals surface area contributed by atoms with E-state index >= 15 is 0 Å². The third-order valence-corrected chi connectivity index (χ3v) is 3.78. The fourth-order valence-corrected chi connectivity index (χ4v) is 2.57. The number of carbonyl (C=O) groups excluding carboxylic acids is 1. The topological polar surface area (TPSA) is 69.0 Å². The second-order valence-corrected chi connectivity index (χ2v) is 6.10. The molecule has 0 spiro atoms. The molecular weight excluding hydrogens is 437 g/mol. The van der Waals surface area contributed by atoms with Gasteiger partial charge in [0, 0.05) is 23.9 Å². The van der Waals surface area contributed by atoms with Gasteiger partial charge in [-0.2, -0.15) is 26.3 Å². The standard InChI is InChI=1S/C18H11F7N4O2/c19-12-1-10(2-14(4-12)31-8-17(20,21)22)15-5-16(27-9-30)28-29(15)13-3-11(6-26-7-13)18(23,24)25/h1-7,9H,8H2,(H,27,28,30). The second-order valence-electron chi connectivity index (χ2n) is 6.10. The van der Waals surface area contributed by atoms with Crippen molar-refractivity contribution < 1.29 is 40.3 Å². The number of nitrogens with one attached hydrogen (secondary N) is 1. The highest BCUT2D eigenvalue weighted by Gasteiger charge is 2.32. The average molecular weight is 448 g/mol. The minimum absolute atomic E-state index is 0.0400. The molecule has 0 aliphatic carbocycles. The van der Waals surface area contributed by atoms with Crippen LogP contribution >= 0.6 is 0 Å². The summed E-state index contributed by atoms with van der Waals surface area (Å²) in [5, 5.41) is 6.14. The summed E-state index contributed by atoms with van der Waals surface area (Å²) in [5.74, 6) is -1.54. The molecule has 2 aromatic heterocycles. The number of ether oxygens (including phenoxy) is 1. The number of hydrogen-bond acceptors (Lipinski definition) is 4. The second kappa shape index (κ2) is 8.24. The molecule has 0 fully saturated rings. The van der Waals surface area contributed by atoms with E-state index in [2.05, 4.69) is 20.1 Å². The molecule has 164 valence electrons. The van der Waals surface area contributed by atoms with Crippen LogP contribution in [0.2, 0.25) is 0 Å². The molecule has 3 aromatic rings. The van der Waals surface area contributed by atoms with Crippen molar-refractivity contribution in [3.05, 3.63) is 54.1 Å². The summed E-state index contributed by atoms with van der Waals surface area (Å²) in [6.07, 6.45) is -7.50. The Morgan fingerprint density at radius 3 is 2.42 bits per heavy atom. The van der Waals surface area contributed by atoms with Gasteiger partial charge in [-0.15, -0.1) is 5.10 Å². The van der Waals surface area contributed by atoms with Gasteiger partial charge in [-0.3, -0.25) is 9.78 Å². The summed E-state index contributed by atoms with van der Waals surface area (Å²) in [5.41, 5.74) is -1.39. The van der Waals surface area contributed by atoms with Crippen molar-refractivity contribution in [3.8, 4) is 22.7 Å². The lowest BCUT2D eigenvalue weighted by molar-refractivity contribution is -0.153. The maximum Gasteiger partial charge on any atom is 0.422 e. The van der Waals surface area contributed by atoms with Gasteiger partial charge in [-0.1, -0.05) is 0 Å². The van der Waals surface area contributed by atoms with E-state index < -0.39 is 36.1 Å². The van der Waals surface area contributed by atoms with Crippen LogP contribution in [0.25, 0.3) is 16.9 Å². The Bertz CT molecular complexity index is 1090. The van der Waals surface area contributed by atoms with Crippen molar-refractivity contribution >= 4 is 12.2 Å². The summed E-state index contributed by atoms with van der Waals surface area (Å²) in [7, 11) is 0. The number of nitrogens with zero attached hydrogens (tertiary/aromatic N) is 3. The molecule has 0 saturated carbocycles. The predicted octanol–water partition coefficient (Wildman–Crippen LogP) is 4.60. The molecule has 0 radical (unpaired) electrons. The zero-order chi connectivity index (χ0) is 22.8. The molecule has 3 rings (SSSR count). The highest BCUT2D eigenvalue weighted by molar-refractivity contribution is 5.74. The number of hydrogen-bond donors (Lipinski definition) is 1. The zero-order valence-corrected chi connectivity index (χ0v) is 15.1. The van der Waals surface area contributed by atoms with Crippen LogP contribution in [0.1, 0.15) is 5.56 Å². The Morgan fingerprint density at radius 1 is 1.03 bits per heavy atom. The monoisotopic (exact) mass is 448 g/mol. The first-order valence-corrected chi connectivity index (χ1v) is 8.29. The SMILES string of the molecule is O=CNc1cc(-c2cc(F)cc(OCC(F)(F)F)c2)n(-c2cncc(C(F)(F)F)c2)n1. The van der Waals surface area contributed by atoms with Crippen molar-refractivity contribution in [1.29, 1.82) is 0 Å². The van der Waals surface area contributed by atoms with Crippen molar-refractivity contribution in [1.82, 2.24) is 14.8 Å². The molecule has 13 heteroatoms. The number of carbonyl (C=O) groups is 1. The maximum atomic E-state index is 14.0. The molecule has 0 aliphatic rings. The van der Waals surface area contributed by atoms with Crippen LogP contribution in [-0.2, 0) is 11.0 Å². The molecule has 1 aromatic carbocycles. The molecular formula is C18H11F7N4O2. The number of halogens is 7. The Morgan fingerprint density at radius 2 is 1.77 bits per heavy atom. The van der Waals surface area contributed by atoms with E-state index in [1.165, 1.54) is 6.07 Å². The van der Waals surface area contributed by atoms with Crippen LogP contribution in [0.3, 0.4) is 0 Å². The van der Waals surface area contributed by atoms with Crippen LogP contribution < -0.4 is 10.1 Å². The van der Waals surface area contributed by atoms with E-state index in [1.54, 1.807) is 0 Å². The summed E-state index contributed by atoms with van der Waals surface area (Å²) in [4.78, 5) is 14.2. The number of rotatable bonds is 6. The van der Waals surface area contributed by atoms with Crippen LogP contribution in [0.4, 0.5) is 36.6 Å². The lowest BCUT2D eigenvalue weighted by Gasteiger charge is -2.13. The van der Waals surface area contributed by atoms with Crippen molar-refractivity contribution in [2.24, 2.45) is 0 Å². The maximum absolute atomic E-state index is 14.0. The van der Waals surface area contributed by atoms with E-state index in [1.807, 2.05) is 0 Å². The Kier molecular flexibility index (Phi) is 5.86. The van der Waals surface area contributed by atoms with Crippen LogP contribution in [0.5, 0.6) is 5.75 Å². The van der Waals surface area contributed by atoms with Gasteiger partial charge in [0.05, 0.1) is 23.1 Å². The van der Waals surface area contributed by atoms with Gasteiger partial charge in [0.2, 0.25) is 6.41 Å². The lowest BCUT2D eigenvalue weighted by atomic mass is 10.1. The summed E-state index contributed by atoms with van der Waals surface area (Å²) in [6, 6.07) is 4.59. The van der Waals surface area contributed by atoms with E-state index in [0.29, 0.717) is 18.3 Å². The summed E-state index contributed by atoms with van der Waals surface area (Å²) in [6.45, 7) is -1.68. The van der Waals surface area contributed by atoms with Crippen molar-refractivity contribution in [2.45, 2.75) is 12.4 Å². The number of amides is 1. The van der Waals surface area contributed by atoms with Crippen molar-refractivity contribution in [2.75, 3.05) is 11.9 Å². The van der Waals surface area contributed by atoms with Gasteiger partial charge < -0.3 is 10.1 Å². The van der Waals surface area contributed by atoms with E-state index in [-0.39, 0.29) is 29.2 Å². The minimum Gasteiger partial charge on any atom is -0.484 e. The first-order chi connectivity index (χ1) is 14.5. The van der Waals surface area contributed by atoms with Gasteiger partial charge in [0.15, 0.2) is 12.4 Å². The number of alkyl halides is 6. The van der Waals surface area contributed by atoms with Gasteiger partial charge in [0.1, 0.15) is 11.6 Å². The molecule has 1 amide bonds. The Hall–Kier alpha value is -3.64. The third-order valence-electron chi connectivity index (χ3n) is 3.78. The first kappa shape index (κ1) is 22.1. The minimum atomic E-state index is -4.71. The molecule has 0 bridgehead atoms. The molecule has 2 heterocycles. The highest BCUT2D eigenvalue weighted by atomic mass is 19.4. The number of benzene rings is 1. The molecule has 6 nitrogen and oxygen atoms in total. The smallest absolute Gasteiger partial charge is 0.422 e. The van der Waals surface area contributed by atoms with E-state index in [0.717, 1.165) is 23.0 Å². The molecule has 0 atom stereocenters. The number of aromatic nitrogens is 3. The quantitative estimate of drug-likeness (QED) is 0.442. The van der Waals surface area contributed by atoms with Gasteiger partial charge in [0.25, 0.3) is 0 Å². The van der Waals surface area contributed by atoms with Crippen LogP contribution in [0.15, 0.2) is 42.7 Å². The highest BCUT2D eigenvalue weighted by Crippen LogP contribution is 2.33. The number of anilines is 1. The summed E-state index contributed by atoms with van der Waals surface area (Å²) < 4.78 is 95.8. The summed E-state index contributed by atoms with van der Waals surface area (Å²) >= 11 is 0. The predicted molar refractivity (Wildman–Crippen MR) is 93.0 cm³/mol. The van der Waals surface area contributed by atoms with E-state index in [4.69, 9.17) is 0 Å². The fraction of sp³-hybridized carbons (Fsp3) is 0.167. The first-order valence-electron chi connectivity index (χ1n) is 8.29. The fourth-order valence-electron chi connectivity index (χ4n) is 2.57. The molecule has 31 heavy (non-hydrogen) atoms. The molecule has 0 saturated heterocycles. The van der Waals surface area contributed by atoms with Gasteiger partial charge in [-0.05, 0) is 18.2 Å². The Balaban J connectivity index is 2.10. The molecule has 0 unspecified atom stereocenters. The number of pyridine rings is 1. The van der Waals surface area contributed by atoms with E-state index in [9.17, 15) is 35.5 Å². The van der Waals surface area contributed by atoms with Crippen LogP contribution in [0, 0.1) is 5.82 Å². The van der Waals surface area contributed by atoms with Gasteiger partial charge >= 0.3 is 12.4 Å². The normalized spacial score (nSPS) is 12.0. The van der Waals surface area contributed by atoms with Crippen LogP contribution in [-0.4, -0.2) is 34.0 Å². The zero-order valence-electron chi connectivity index (χ0n) is 15.1. The van der Waals surface area contributed by atoms with Gasteiger partial charge in [-0.25, -0.2) is 9.07 Å². The lowest BCUT2D eigenvalue weighted by Crippen LogP contribution is -2.19.